The molecule has 3 rings (SSSR count). The normalized spacial score (nSPS) is 16.8. The summed E-state index contributed by atoms with van der Waals surface area (Å²) in [6.07, 6.45) is 2.17. The van der Waals surface area contributed by atoms with Gasteiger partial charge in [0.25, 0.3) is 0 Å². The number of imidazole rings is 1. The van der Waals surface area contributed by atoms with Crippen LogP contribution in [0.1, 0.15) is 25.8 Å². The highest BCUT2D eigenvalue weighted by Crippen LogP contribution is 2.26. The van der Waals surface area contributed by atoms with Crippen molar-refractivity contribution in [3.63, 3.8) is 0 Å². The second-order valence-corrected chi connectivity index (χ2v) is 5.94. The summed E-state index contributed by atoms with van der Waals surface area (Å²) >= 11 is 11.5. The van der Waals surface area contributed by atoms with Gasteiger partial charge in [0.2, 0.25) is 5.91 Å². The van der Waals surface area contributed by atoms with Crippen LogP contribution >= 0.6 is 23.8 Å². The Hall–Kier alpha value is -1.33. The van der Waals surface area contributed by atoms with E-state index in [4.69, 9.17) is 23.8 Å². The minimum atomic E-state index is -0.312. The summed E-state index contributed by atoms with van der Waals surface area (Å²) in [7, 11) is 0. The average Bonchev–Trinajstić information content (AvgIpc) is 3.05. The lowest BCUT2D eigenvalue weighted by molar-refractivity contribution is -0.133. The summed E-state index contributed by atoms with van der Waals surface area (Å²) in [5, 5.41) is 0.619. The molecule has 6 heteroatoms. The van der Waals surface area contributed by atoms with Crippen LogP contribution in [0.4, 0.5) is 0 Å². The van der Waals surface area contributed by atoms with Gasteiger partial charge in [-0.3, -0.25) is 4.79 Å². The molecule has 1 fully saturated rings. The third-order valence-electron chi connectivity index (χ3n) is 3.86. The standard InChI is InChI=1S/C14H16ClN3OS/c1-9(13(19)17-7-2-3-8-17)18-11-6-4-5-10(15)12(11)16-14(18)20/h4-6,9H,2-3,7-8H2,1H3,(H,16,20). The number of hydrogen-bond acceptors (Lipinski definition) is 2. The van der Waals surface area contributed by atoms with Crippen LogP contribution in [0.5, 0.6) is 0 Å². The Labute approximate surface area is 127 Å². The first-order valence-electron chi connectivity index (χ1n) is 6.77. The fourth-order valence-electron chi connectivity index (χ4n) is 2.81. The molecular formula is C14H16ClN3OS. The number of halogens is 1. The Morgan fingerprint density at radius 3 is 2.80 bits per heavy atom. The van der Waals surface area contributed by atoms with Crippen molar-refractivity contribution in [1.29, 1.82) is 0 Å². The molecule has 0 saturated carbocycles. The Kier molecular flexibility index (Phi) is 3.56. The monoisotopic (exact) mass is 309 g/mol. The van der Waals surface area contributed by atoms with E-state index in [1.165, 1.54) is 0 Å². The van der Waals surface area contributed by atoms with Crippen LogP contribution in [-0.2, 0) is 4.79 Å². The summed E-state index contributed by atoms with van der Waals surface area (Å²) in [6.45, 7) is 3.59. The van der Waals surface area contributed by atoms with Gasteiger partial charge < -0.3 is 14.5 Å². The third kappa shape index (κ3) is 2.15. The quantitative estimate of drug-likeness (QED) is 0.862. The summed E-state index contributed by atoms with van der Waals surface area (Å²) in [6, 6.07) is 5.30. The molecule has 1 aromatic carbocycles. The molecule has 106 valence electrons. The van der Waals surface area contributed by atoms with Gasteiger partial charge in [-0.05, 0) is 44.1 Å². The number of nitrogens with one attached hydrogen (secondary N) is 1. The van der Waals surface area contributed by atoms with Crippen molar-refractivity contribution in [2.75, 3.05) is 13.1 Å². The fraction of sp³-hybridized carbons (Fsp3) is 0.429. The minimum Gasteiger partial charge on any atom is -0.341 e. The van der Waals surface area contributed by atoms with Crippen LogP contribution in [0, 0.1) is 4.77 Å². The van der Waals surface area contributed by atoms with E-state index in [1.54, 1.807) is 0 Å². The van der Waals surface area contributed by atoms with Crippen LogP contribution < -0.4 is 0 Å². The highest BCUT2D eigenvalue weighted by Gasteiger charge is 2.26. The molecule has 4 nitrogen and oxygen atoms in total. The van der Waals surface area contributed by atoms with Crippen LogP contribution in [-0.4, -0.2) is 33.4 Å². The number of likely N-dealkylation sites (tertiary alicyclic amines) is 1. The Morgan fingerprint density at radius 2 is 2.10 bits per heavy atom. The van der Waals surface area contributed by atoms with Gasteiger partial charge in [-0.15, -0.1) is 0 Å². The van der Waals surface area contributed by atoms with Gasteiger partial charge in [-0.25, -0.2) is 0 Å². The molecule has 1 atom stereocenters. The van der Waals surface area contributed by atoms with Crippen molar-refractivity contribution in [3.05, 3.63) is 28.0 Å². The van der Waals surface area contributed by atoms with Gasteiger partial charge in [-0.2, -0.15) is 0 Å². The van der Waals surface area contributed by atoms with E-state index < -0.39 is 0 Å². The summed E-state index contributed by atoms with van der Waals surface area (Å²) in [4.78, 5) is 17.5. The number of carbonyl (C=O) groups excluding carboxylic acids is 1. The molecule has 0 radical (unpaired) electrons. The molecule has 1 amide bonds. The van der Waals surface area contributed by atoms with Crippen molar-refractivity contribution in [1.82, 2.24) is 14.5 Å². The van der Waals surface area contributed by atoms with Gasteiger partial charge in [0, 0.05) is 13.1 Å². The largest absolute Gasteiger partial charge is 0.341 e. The molecule has 1 N–H and O–H groups in total. The van der Waals surface area contributed by atoms with Crippen LogP contribution in [0.3, 0.4) is 0 Å². The molecule has 2 heterocycles. The van der Waals surface area contributed by atoms with Crippen molar-refractivity contribution < 1.29 is 4.79 Å². The van der Waals surface area contributed by atoms with Crippen LogP contribution in [0.25, 0.3) is 11.0 Å². The molecule has 2 aromatic rings. The maximum Gasteiger partial charge on any atom is 0.245 e. The van der Waals surface area contributed by atoms with Crippen molar-refractivity contribution >= 4 is 40.8 Å². The highest BCUT2D eigenvalue weighted by atomic mass is 35.5. The topological polar surface area (TPSA) is 41.0 Å². The van der Waals surface area contributed by atoms with E-state index in [0.29, 0.717) is 9.79 Å². The summed E-state index contributed by atoms with van der Waals surface area (Å²) < 4.78 is 2.39. The smallest absolute Gasteiger partial charge is 0.245 e. The van der Waals surface area contributed by atoms with E-state index in [1.807, 2.05) is 34.6 Å². The van der Waals surface area contributed by atoms with Crippen LogP contribution in [0.2, 0.25) is 5.02 Å². The molecule has 1 aliphatic rings. The fourth-order valence-corrected chi connectivity index (χ4v) is 3.39. The molecule has 1 saturated heterocycles. The molecule has 1 unspecified atom stereocenters. The number of carbonyl (C=O) groups is 1. The first kappa shape index (κ1) is 13.6. The van der Waals surface area contributed by atoms with Gasteiger partial charge in [-0.1, -0.05) is 17.7 Å². The predicted molar refractivity (Wildman–Crippen MR) is 82.7 cm³/mol. The second-order valence-electron chi connectivity index (χ2n) is 5.14. The van der Waals surface area contributed by atoms with Gasteiger partial charge in [0.05, 0.1) is 16.1 Å². The number of aromatic amines is 1. The lowest BCUT2D eigenvalue weighted by Gasteiger charge is -2.21. The maximum atomic E-state index is 12.5. The van der Waals surface area contributed by atoms with Gasteiger partial charge >= 0.3 is 0 Å². The number of aromatic nitrogens is 2. The van der Waals surface area contributed by atoms with Crippen molar-refractivity contribution in [2.24, 2.45) is 0 Å². The number of benzene rings is 1. The molecule has 20 heavy (non-hydrogen) atoms. The zero-order valence-electron chi connectivity index (χ0n) is 11.2. The first-order valence-corrected chi connectivity index (χ1v) is 7.55. The highest BCUT2D eigenvalue weighted by molar-refractivity contribution is 7.71. The second kappa shape index (κ2) is 5.22. The SMILES string of the molecule is CC(C(=O)N1CCCC1)n1c(=S)[nH]c2c(Cl)cccc21. The predicted octanol–water partition coefficient (Wildman–Crippen LogP) is 3.54. The van der Waals surface area contributed by atoms with Crippen molar-refractivity contribution in [3.8, 4) is 0 Å². The number of rotatable bonds is 2. The lowest BCUT2D eigenvalue weighted by atomic mass is 10.2. The van der Waals surface area contributed by atoms with E-state index in [-0.39, 0.29) is 11.9 Å². The number of fused-ring (bicyclic) bond motifs is 1. The van der Waals surface area contributed by atoms with E-state index >= 15 is 0 Å². The molecule has 0 spiro atoms. The number of hydrogen-bond donors (Lipinski definition) is 1. The van der Waals surface area contributed by atoms with E-state index in [9.17, 15) is 4.79 Å². The third-order valence-corrected chi connectivity index (χ3v) is 4.48. The van der Waals surface area contributed by atoms with E-state index in [2.05, 4.69) is 4.98 Å². The maximum absolute atomic E-state index is 12.5. The Morgan fingerprint density at radius 1 is 1.40 bits per heavy atom. The minimum absolute atomic E-state index is 0.125. The number of H-pyrrole nitrogens is 1. The molecule has 0 bridgehead atoms. The van der Waals surface area contributed by atoms with Crippen molar-refractivity contribution in [2.45, 2.75) is 25.8 Å². The Bertz CT molecular complexity index is 715. The average molecular weight is 310 g/mol. The summed E-state index contributed by atoms with van der Waals surface area (Å²) in [5.41, 5.74) is 1.67. The zero-order valence-corrected chi connectivity index (χ0v) is 12.8. The molecule has 1 aromatic heterocycles. The van der Waals surface area contributed by atoms with E-state index in [0.717, 1.165) is 37.0 Å². The Balaban J connectivity index is 2.05. The molecule has 0 aliphatic carbocycles. The zero-order chi connectivity index (χ0) is 14.3. The van der Waals surface area contributed by atoms with Gasteiger partial charge in [0.1, 0.15) is 6.04 Å². The molecular weight excluding hydrogens is 294 g/mol. The lowest BCUT2D eigenvalue weighted by Crippen LogP contribution is -2.33. The van der Waals surface area contributed by atoms with Gasteiger partial charge in [0.15, 0.2) is 4.77 Å². The number of amides is 1. The van der Waals surface area contributed by atoms with Crippen LogP contribution in [0.15, 0.2) is 18.2 Å². The number of para-hydroxylation sites is 1. The number of nitrogens with zero attached hydrogens (tertiary/aromatic N) is 2. The summed E-state index contributed by atoms with van der Waals surface area (Å²) in [5.74, 6) is 0.125. The molecule has 1 aliphatic heterocycles. The first-order chi connectivity index (χ1) is 9.59.